The van der Waals surface area contributed by atoms with Crippen molar-refractivity contribution in [2.24, 2.45) is 0 Å². The van der Waals surface area contributed by atoms with Crippen molar-refractivity contribution in [1.29, 1.82) is 0 Å². The number of benzene rings is 3. The Morgan fingerprint density at radius 3 is 2.41 bits per heavy atom. The van der Waals surface area contributed by atoms with Crippen LogP contribution in [0.4, 0.5) is 5.69 Å². The van der Waals surface area contributed by atoms with Crippen LogP contribution < -0.4 is 9.68 Å². The van der Waals surface area contributed by atoms with Gasteiger partial charge in [-0.25, -0.2) is 9.59 Å². The zero-order valence-electron chi connectivity index (χ0n) is 14.5. The van der Waals surface area contributed by atoms with Crippen LogP contribution >= 0.6 is 22.9 Å². The average molecular weight is 428 g/mol. The van der Waals surface area contributed by atoms with Crippen molar-refractivity contribution in [1.82, 2.24) is 0 Å². The Morgan fingerprint density at radius 1 is 1.07 bits per heavy atom. The minimum Gasteiger partial charge on any atom is -0.423 e. The van der Waals surface area contributed by atoms with E-state index in [1.807, 2.05) is 0 Å². The van der Waals surface area contributed by atoms with Gasteiger partial charge in [0.25, 0.3) is 5.69 Å². The molecule has 144 valence electrons. The highest BCUT2D eigenvalue weighted by atomic mass is 35.5. The van der Waals surface area contributed by atoms with E-state index in [1.54, 1.807) is 30.3 Å². The molecule has 0 saturated carbocycles. The van der Waals surface area contributed by atoms with Gasteiger partial charge in [-0.3, -0.25) is 10.1 Å². The zero-order valence-corrected chi connectivity index (χ0v) is 16.0. The van der Waals surface area contributed by atoms with Crippen LogP contribution in [0, 0.1) is 10.1 Å². The van der Waals surface area contributed by atoms with Crippen LogP contribution in [0.3, 0.4) is 0 Å². The molecule has 0 radical (unpaired) electrons. The summed E-state index contributed by atoms with van der Waals surface area (Å²) in [6.07, 6.45) is 0. The fraction of sp³-hybridized carbons (Fsp3) is 0. The van der Waals surface area contributed by atoms with Gasteiger partial charge in [0.15, 0.2) is 5.58 Å². The van der Waals surface area contributed by atoms with Crippen LogP contribution in [-0.4, -0.2) is 10.9 Å². The number of ether oxygens (including phenoxy) is 1. The smallest absolute Gasteiger partial charge is 0.396 e. The van der Waals surface area contributed by atoms with E-state index in [0.717, 1.165) is 16.9 Å². The van der Waals surface area contributed by atoms with Crippen LogP contribution in [0.1, 0.15) is 10.4 Å². The molecular formula is C20H10ClNO6S. The lowest BCUT2D eigenvalue weighted by atomic mass is 10.0. The van der Waals surface area contributed by atoms with Gasteiger partial charge in [0.2, 0.25) is 0 Å². The molecule has 0 atom stereocenters. The summed E-state index contributed by atoms with van der Waals surface area (Å²) in [4.78, 5) is 33.9. The van der Waals surface area contributed by atoms with E-state index in [2.05, 4.69) is 0 Å². The number of fused-ring (bicyclic) bond motifs is 1. The summed E-state index contributed by atoms with van der Waals surface area (Å²) >= 11 is 6.83. The molecule has 1 aromatic heterocycles. The molecule has 0 unspecified atom stereocenters. The number of nitro benzene ring substituents is 1. The van der Waals surface area contributed by atoms with Crippen molar-refractivity contribution < 1.29 is 18.9 Å². The van der Waals surface area contributed by atoms with E-state index in [1.165, 1.54) is 30.3 Å². The quantitative estimate of drug-likeness (QED) is 0.189. The second-order valence-corrected chi connectivity index (χ2v) is 7.37. The van der Waals surface area contributed by atoms with Crippen LogP contribution in [-0.2, 0) is 0 Å². The van der Waals surface area contributed by atoms with Gasteiger partial charge in [0.05, 0.1) is 15.2 Å². The minimum atomic E-state index is -0.683. The van der Waals surface area contributed by atoms with Gasteiger partial charge < -0.3 is 9.15 Å². The largest absolute Gasteiger partial charge is 0.423 e. The fourth-order valence-electron chi connectivity index (χ4n) is 2.74. The van der Waals surface area contributed by atoms with Gasteiger partial charge in [0.1, 0.15) is 5.75 Å². The van der Waals surface area contributed by atoms with Crippen LogP contribution in [0.5, 0.6) is 5.75 Å². The molecule has 3 aromatic carbocycles. The van der Waals surface area contributed by atoms with Gasteiger partial charge in [-0.05, 0) is 35.9 Å². The third kappa shape index (κ3) is 3.89. The molecule has 0 bridgehead atoms. The first-order valence-corrected chi connectivity index (χ1v) is 9.40. The molecule has 4 aromatic rings. The summed E-state index contributed by atoms with van der Waals surface area (Å²) < 4.78 is 11.2. The number of carbonyl (C=O) groups excluding carboxylic acids is 1. The average Bonchev–Trinajstić information content (AvgIpc) is 3.08. The maximum absolute atomic E-state index is 12.4. The number of nitro groups is 1. The molecule has 7 nitrogen and oxygen atoms in total. The Hall–Kier alpha value is -3.49. The molecular weight excluding hydrogens is 418 g/mol. The SMILES string of the molecule is O=C(Oc1cc(-c2ccc(Cl)cc2)c2oc(=O)sc2c1)c1ccc([N+](=O)[O-])cc1. The van der Waals surface area contributed by atoms with Gasteiger partial charge in [-0.15, -0.1) is 0 Å². The van der Waals surface area contributed by atoms with E-state index in [4.69, 9.17) is 20.8 Å². The Labute approximate surface area is 171 Å². The second kappa shape index (κ2) is 7.50. The molecule has 0 fully saturated rings. The van der Waals surface area contributed by atoms with Gasteiger partial charge in [-0.1, -0.05) is 35.1 Å². The highest BCUT2D eigenvalue weighted by Gasteiger charge is 2.16. The molecule has 0 saturated heterocycles. The molecule has 0 aliphatic carbocycles. The Bertz CT molecular complexity index is 1290. The Balaban J connectivity index is 1.72. The van der Waals surface area contributed by atoms with Crippen molar-refractivity contribution in [3.8, 4) is 16.9 Å². The predicted molar refractivity (Wildman–Crippen MR) is 109 cm³/mol. The minimum absolute atomic E-state index is 0.129. The van der Waals surface area contributed by atoms with E-state index in [0.29, 0.717) is 20.9 Å². The lowest BCUT2D eigenvalue weighted by molar-refractivity contribution is -0.384. The zero-order chi connectivity index (χ0) is 20.5. The molecule has 0 aliphatic rings. The number of carbonyl (C=O) groups is 1. The van der Waals surface area contributed by atoms with E-state index >= 15 is 0 Å². The Kier molecular flexibility index (Phi) is 4.87. The van der Waals surface area contributed by atoms with Gasteiger partial charge in [-0.2, -0.15) is 0 Å². The van der Waals surface area contributed by atoms with Gasteiger partial charge >= 0.3 is 10.9 Å². The lowest BCUT2D eigenvalue weighted by Gasteiger charge is -2.08. The lowest BCUT2D eigenvalue weighted by Crippen LogP contribution is -2.08. The van der Waals surface area contributed by atoms with Crippen LogP contribution in [0.25, 0.3) is 21.4 Å². The first-order chi connectivity index (χ1) is 13.9. The summed E-state index contributed by atoms with van der Waals surface area (Å²) in [5.41, 5.74) is 1.72. The third-order valence-corrected chi connectivity index (χ3v) is 5.11. The number of hydrogen-bond acceptors (Lipinski definition) is 7. The van der Waals surface area contributed by atoms with Crippen molar-refractivity contribution in [3.63, 3.8) is 0 Å². The summed E-state index contributed by atoms with van der Waals surface area (Å²) in [5.74, 6) is -0.472. The molecule has 0 N–H and O–H groups in total. The normalized spacial score (nSPS) is 10.8. The summed E-state index contributed by atoms with van der Waals surface area (Å²) in [5, 5.41) is 11.3. The monoisotopic (exact) mass is 427 g/mol. The molecule has 4 rings (SSSR count). The molecule has 9 heteroatoms. The topological polar surface area (TPSA) is 99.7 Å². The summed E-state index contributed by atoms with van der Waals surface area (Å²) in [6.45, 7) is 0. The number of hydrogen-bond donors (Lipinski definition) is 0. The fourth-order valence-corrected chi connectivity index (χ4v) is 3.59. The number of esters is 1. The van der Waals surface area contributed by atoms with E-state index in [9.17, 15) is 19.7 Å². The van der Waals surface area contributed by atoms with E-state index < -0.39 is 15.8 Å². The van der Waals surface area contributed by atoms with Gasteiger partial charge in [0, 0.05) is 28.8 Å². The maximum Gasteiger partial charge on any atom is 0.396 e. The Morgan fingerprint density at radius 2 is 1.76 bits per heavy atom. The highest BCUT2D eigenvalue weighted by Crippen LogP contribution is 2.35. The molecule has 0 aliphatic heterocycles. The summed E-state index contributed by atoms with van der Waals surface area (Å²) in [7, 11) is 0. The second-order valence-electron chi connectivity index (χ2n) is 5.95. The van der Waals surface area contributed by atoms with Crippen molar-refractivity contribution in [2.45, 2.75) is 0 Å². The molecule has 29 heavy (non-hydrogen) atoms. The number of nitrogens with zero attached hydrogens (tertiary/aromatic N) is 1. The van der Waals surface area contributed by atoms with Crippen LogP contribution in [0.15, 0.2) is 69.9 Å². The number of rotatable bonds is 4. The van der Waals surface area contributed by atoms with Crippen LogP contribution in [0.2, 0.25) is 5.02 Å². The van der Waals surface area contributed by atoms with Crippen molar-refractivity contribution in [3.05, 3.63) is 91.1 Å². The number of halogens is 1. The van der Waals surface area contributed by atoms with E-state index in [-0.39, 0.29) is 17.0 Å². The van der Waals surface area contributed by atoms with Crippen molar-refractivity contribution >= 4 is 44.9 Å². The third-order valence-electron chi connectivity index (χ3n) is 4.09. The molecule has 1 heterocycles. The predicted octanol–water partition coefficient (Wildman–Crippen LogP) is 5.30. The number of non-ortho nitro benzene ring substituents is 1. The maximum atomic E-state index is 12.4. The molecule has 0 amide bonds. The first kappa shape index (κ1) is 18.9. The summed E-state index contributed by atoms with van der Waals surface area (Å²) in [6, 6.07) is 15.1. The highest BCUT2D eigenvalue weighted by molar-refractivity contribution is 7.16. The first-order valence-electron chi connectivity index (χ1n) is 8.21. The standard InChI is InChI=1S/C20H10ClNO6S/c21-13-5-1-11(2-6-13)16-9-15(10-17-18(16)28-20(24)29-17)27-19(23)12-3-7-14(8-4-12)22(25)26/h1-10H. The van der Waals surface area contributed by atoms with Crippen molar-refractivity contribution in [2.75, 3.05) is 0 Å². The molecule has 0 spiro atoms.